The molecule has 3 heterocycles. The van der Waals surface area contributed by atoms with Crippen molar-refractivity contribution in [2.45, 2.75) is 13.5 Å². The number of carboxylic acids is 1. The van der Waals surface area contributed by atoms with Crippen molar-refractivity contribution >= 4 is 27.5 Å². The Labute approximate surface area is 187 Å². The van der Waals surface area contributed by atoms with Gasteiger partial charge in [-0.15, -0.1) is 11.3 Å². The molecule has 0 fully saturated rings. The van der Waals surface area contributed by atoms with E-state index in [1.54, 1.807) is 10.6 Å². The van der Waals surface area contributed by atoms with Crippen LogP contribution in [0.3, 0.4) is 0 Å². The number of rotatable bonds is 5. The third-order valence-electron chi connectivity index (χ3n) is 5.21. The van der Waals surface area contributed by atoms with Crippen molar-refractivity contribution in [1.82, 2.24) is 9.55 Å². The number of nitrogens with zero attached hydrogens (tertiary/aromatic N) is 2. The summed E-state index contributed by atoms with van der Waals surface area (Å²) >= 11 is 1.47. The van der Waals surface area contributed by atoms with Gasteiger partial charge in [-0.1, -0.05) is 60.2 Å². The van der Waals surface area contributed by atoms with Gasteiger partial charge in [-0.2, -0.15) is 0 Å². The molecule has 3 aromatic heterocycles. The van der Waals surface area contributed by atoms with Gasteiger partial charge in [-0.25, -0.2) is 9.78 Å². The second-order valence-electron chi connectivity index (χ2n) is 7.46. The predicted molar refractivity (Wildman–Crippen MR) is 124 cm³/mol. The molecule has 0 bridgehead atoms. The molecule has 158 valence electrons. The molecule has 0 atom stereocenters. The second kappa shape index (κ2) is 7.94. The Hall–Kier alpha value is -3.97. The van der Waals surface area contributed by atoms with E-state index < -0.39 is 5.97 Å². The highest BCUT2D eigenvalue weighted by Gasteiger charge is 2.18. The normalized spacial score (nSPS) is 11.2. The minimum absolute atomic E-state index is 0.0782. The number of furan rings is 1. The van der Waals surface area contributed by atoms with E-state index in [4.69, 9.17) is 14.5 Å². The van der Waals surface area contributed by atoms with Crippen LogP contribution < -0.4 is 5.56 Å². The molecule has 5 rings (SSSR count). The predicted octanol–water partition coefficient (Wildman–Crippen LogP) is 5.44. The molecule has 0 unspecified atom stereocenters. The lowest BCUT2D eigenvalue weighted by Gasteiger charge is -2.11. The number of aromatic nitrogens is 2. The summed E-state index contributed by atoms with van der Waals surface area (Å²) in [6, 6.07) is 22.5. The van der Waals surface area contributed by atoms with Gasteiger partial charge in [0, 0.05) is 10.4 Å². The van der Waals surface area contributed by atoms with Crippen LogP contribution in [-0.4, -0.2) is 20.6 Å². The highest BCUT2D eigenvalue weighted by atomic mass is 32.1. The van der Waals surface area contributed by atoms with E-state index in [1.165, 1.54) is 17.4 Å². The lowest BCUT2D eigenvalue weighted by Crippen LogP contribution is -2.23. The quantitative estimate of drug-likeness (QED) is 0.392. The van der Waals surface area contributed by atoms with Crippen LogP contribution >= 0.6 is 11.3 Å². The fourth-order valence-corrected chi connectivity index (χ4v) is 4.59. The van der Waals surface area contributed by atoms with Crippen molar-refractivity contribution in [3.05, 3.63) is 100 Å². The molecule has 2 aromatic carbocycles. The summed E-state index contributed by atoms with van der Waals surface area (Å²) < 4.78 is 6.96. The lowest BCUT2D eigenvalue weighted by molar-refractivity contribution is 0.0660. The molecule has 0 radical (unpaired) electrons. The van der Waals surface area contributed by atoms with Crippen molar-refractivity contribution in [2.75, 3.05) is 0 Å². The van der Waals surface area contributed by atoms with Crippen molar-refractivity contribution < 1.29 is 14.3 Å². The van der Waals surface area contributed by atoms with Gasteiger partial charge in [0.1, 0.15) is 16.4 Å². The van der Waals surface area contributed by atoms with Gasteiger partial charge in [-0.3, -0.25) is 9.36 Å². The molecule has 0 saturated carbocycles. The van der Waals surface area contributed by atoms with Gasteiger partial charge < -0.3 is 9.52 Å². The van der Waals surface area contributed by atoms with E-state index in [0.29, 0.717) is 21.8 Å². The third kappa shape index (κ3) is 3.63. The van der Waals surface area contributed by atoms with Crippen molar-refractivity contribution in [3.63, 3.8) is 0 Å². The molecule has 6 nitrogen and oxygen atoms in total. The Kier molecular flexibility index (Phi) is 4.95. The van der Waals surface area contributed by atoms with Gasteiger partial charge in [0.15, 0.2) is 0 Å². The molecular weight excluding hydrogens is 424 g/mol. The molecule has 0 saturated heterocycles. The van der Waals surface area contributed by atoms with Crippen LogP contribution in [0.25, 0.3) is 32.0 Å². The molecule has 1 N–H and O–H groups in total. The zero-order valence-electron chi connectivity index (χ0n) is 17.1. The van der Waals surface area contributed by atoms with E-state index in [-0.39, 0.29) is 17.9 Å². The molecule has 5 aromatic rings. The van der Waals surface area contributed by atoms with Crippen molar-refractivity contribution in [1.29, 1.82) is 0 Å². The fourth-order valence-electron chi connectivity index (χ4n) is 3.56. The van der Waals surface area contributed by atoms with Gasteiger partial charge in [0.25, 0.3) is 5.56 Å². The van der Waals surface area contributed by atoms with Crippen LogP contribution in [0, 0.1) is 6.92 Å². The van der Waals surface area contributed by atoms with E-state index in [2.05, 4.69) is 0 Å². The summed E-state index contributed by atoms with van der Waals surface area (Å²) in [7, 11) is 0. The van der Waals surface area contributed by atoms with Crippen LogP contribution in [0.4, 0.5) is 0 Å². The first kappa shape index (κ1) is 20.0. The Bertz CT molecular complexity index is 1500. The van der Waals surface area contributed by atoms with E-state index in [0.717, 1.165) is 21.6 Å². The largest absolute Gasteiger partial charge is 0.475 e. The number of carboxylic acid groups (broad SMARTS) is 1. The van der Waals surface area contributed by atoms with Gasteiger partial charge in [0.2, 0.25) is 5.76 Å². The van der Waals surface area contributed by atoms with E-state index >= 15 is 0 Å². The Morgan fingerprint density at radius 3 is 2.47 bits per heavy atom. The lowest BCUT2D eigenvalue weighted by atomic mass is 10.1. The summed E-state index contributed by atoms with van der Waals surface area (Å²) in [6.07, 6.45) is 0. The number of thiophene rings is 1. The number of hydrogen-bond acceptors (Lipinski definition) is 5. The van der Waals surface area contributed by atoms with Crippen LogP contribution in [0.5, 0.6) is 0 Å². The number of aromatic carboxylic acids is 1. The number of carbonyl (C=O) groups is 1. The average molecular weight is 442 g/mol. The average Bonchev–Trinajstić information content (AvgIpc) is 3.44. The summed E-state index contributed by atoms with van der Waals surface area (Å²) in [4.78, 5) is 31.2. The second-order valence-corrected chi connectivity index (χ2v) is 8.49. The standard InChI is InChI=1S/C25H18N2O4S/c1-15-7-9-17(10-8-15)22-26-23-19(13-21(32-23)16-5-3-2-4-6-16)24(28)27(22)14-18-11-12-20(31-18)25(29)30/h2-13H,14H2,1H3,(H,29,30). The van der Waals surface area contributed by atoms with E-state index in [1.807, 2.05) is 67.6 Å². The molecule has 0 aliphatic rings. The maximum absolute atomic E-state index is 13.6. The zero-order chi connectivity index (χ0) is 22.2. The van der Waals surface area contributed by atoms with Crippen molar-refractivity contribution in [3.8, 4) is 21.8 Å². The van der Waals surface area contributed by atoms with Gasteiger partial charge in [0.05, 0.1) is 11.9 Å². The highest BCUT2D eigenvalue weighted by Crippen LogP contribution is 2.32. The maximum atomic E-state index is 13.6. The monoisotopic (exact) mass is 442 g/mol. The minimum Gasteiger partial charge on any atom is -0.475 e. The molecule has 32 heavy (non-hydrogen) atoms. The Balaban J connectivity index is 1.70. The summed E-state index contributed by atoms with van der Waals surface area (Å²) in [5.74, 6) is -0.433. The molecule has 0 aliphatic carbocycles. The number of aryl methyl sites for hydroxylation is 1. The highest BCUT2D eigenvalue weighted by molar-refractivity contribution is 7.21. The topological polar surface area (TPSA) is 85.3 Å². The molecular formula is C25H18N2O4S. The smallest absolute Gasteiger partial charge is 0.371 e. The first-order valence-corrected chi connectivity index (χ1v) is 10.8. The Morgan fingerprint density at radius 1 is 1.03 bits per heavy atom. The number of fused-ring (bicyclic) bond motifs is 1. The molecule has 0 amide bonds. The Morgan fingerprint density at radius 2 is 1.78 bits per heavy atom. The van der Waals surface area contributed by atoms with Crippen LogP contribution in [-0.2, 0) is 6.54 Å². The minimum atomic E-state index is -1.15. The fraction of sp³-hybridized carbons (Fsp3) is 0.0800. The summed E-state index contributed by atoms with van der Waals surface area (Å²) in [5.41, 5.74) is 2.73. The van der Waals surface area contributed by atoms with Crippen molar-refractivity contribution in [2.24, 2.45) is 0 Å². The van der Waals surface area contributed by atoms with Crippen LogP contribution in [0.15, 0.2) is 82.0 Å². The molecule has 0 spiro atoms. The van der Waals surface area contributed by atoms with Gasteiger partial charge >= 0.3 is 5.97 Å². The third-order valence-corrected chi connectivity index (χ3v) is 6.28. The first-order valence-electron chi connectivity index (χ1n) is 9.98. The van der Waals surface area contributed by atoms with Crippen LogP contribution in [0.2, 0.25) is 0 Å². The maximum Gasteiger partial charge on any atom is 0.371 e. The van der Waals surface area contributed by atoms with Gasteiger partial charge in [-0.05, 0) is 30.7 Å². The number of hydrogen-bond donors (Lipinski definition) is 1. The van der Waals surface area contributed by atoms with E-state index in [9.17, 15) is 9.59 Å². The molecule has 0 aliphatic heterocycles. The SMILES string of the molecule is Cc1ccc(-c2nc3sc(-c4ccccc4)cc3c(=O)n2Cc2ccc(C(=O)O)o2)cc1. The zero-order valence-corrected chi connectivity index (χ0v) is 17.9. The molecule has 7 heteroatoms. The summed E-state index contributed by atoms with van der Waals surface area (Å²) in [5, 5.41) is 9.68. The number of benzene rings is 2. The van der Waals surface area contributed by atoms with Crippen LogP contribution in [0.1, 0.15) is 21.9 Å². The summed E-state index contributed by atoms with van der Waals surface area (Å²) in [6.45, 7) is 2.07. The first-order chi connectivity index (χ1) is 15.5.